The summed E-state index contributed by atoms with van der Waals surface area (Å²) in [7, 11) is 8.32. The Morgan fingerprint density at radius 1 is 0.750 bits per heavy atom. The highest BCUT2D eigenvalue weighted by atomic mass is 16.5. The van der Waals surface area contributed by atoms with Gasteiger partial charge in [0.15, 0.2) is 0 Å². The van der Waals surface area contributed by atoms with Gasteiger partial charge in [0, 0.05) is 13.5 Å². The van der Waals surface area contributed by atoms with Crippen molar-refractivity contribution in [1.29, 1.82) is 0 Å². The fourth-order valence-electron chi connectivity index (χ4n) is 0.683. The molecular formula is C14H46NO+. The molecule has 0 bridgehead atoms. The van der Waals surface area contributed by atoms with Crippen LogP contribution in [0.2, 0.25) is 0 Å². The van der Waals surface area contributed by atoms with Gasteiger partial charge in [-0.3, -0.25) is 0 Å². The largest absolute Gasteiger partial charge is 0.384 e. The van der Waals surface area contributed by atoms with Gasteiger partial charge in [-0.2, -0.15) is 0 Å². The summed E-state index contributed by atoms with van der Waals surface area (Å²) in [6.07, 6.45) is 1.15. The number of quaternary nitrogens is 1. The van der Waals surface area contributed by atoms with Crippen LogP contribution in [0.15, 0.2) is 0 Å². The van der Waals surface area contributed by atoms with Crippen molar-refractivity contribution in [2.75, 3.05) is 41.4 Å². The van der Waals surface area contributed by atoms with Crippen molar-refractivity contribution in [3.05, 3.63) is 0 Å². The highest BCUT2D eigenvalue weighted by molar-refractivity contribution is 4.30. The molecule has 2 heteroatoms. The highest BCUT2D eigenvalue weighted by Gasteiger charge is 2.04. The minimum Gasteiger partial charge on any atom is -0.384 e. The quantitative estimate of drug-likeness (QED) is 0.489. The van der Waals surface area contributed by atoms with Crippen molar-refractivity contribution in [3.8, 4) is 0 Å². The Balaban J connectivity index is -0.0000000152. The normalized spacial score (nSPS) is 6.75. The van der Waals surface area contributed by atoms with Crippen LogP contribution in [0.4, 0.5) is 0 Å². The molecule has 0 amide bonds. The van der Waals surface area contributed by atoms with E-state index in [-0.39, 0.29) is 52.0 Å². The van der Waals surface area contributed by atoms with Crippen LogP contribution in [-0.2, 0) is 4.74 Å². The third kappa shape index (κ3) is 66.3. The van der Waals surface area contributed by atoms with E-state index in [9.17, 15) is 0 Å². The minimum absolute atomic E-state index is 0. The van der Waals surface area contributed by atoms with Crippen LogP contribution in [0.1, 0.15) is 58.4 Å². The van der Waals surface area contributed by atoms with E-state index in [1.807, 2.05) is 0 Å². The molecule has 0 aliphatic rings. The monoisotopic (exact) mass is 244 g/mol. The van der Waals surface area contributed by atoms with Crippen LogP contribution in [-0.4, -0.2) is 45.9 Å². The molecule has 0 aromatic rings. The first kappa shape index (κ1) is 56.5. The molecule has 2 nitrogen and oxygen atoms in total. The molecule has 0 spiro atoms. The number of hydrogen-bond acceptors (Lipinski definition) is 1. The van der Waals surface area contributed by atoms with Crippen LogP contribution in [0.25, 0.3) is 0 Å². The molecule has 0 heterocycles. The summed E-state index contributed by atoms with van der Waals surface area (Å²) in [5.41, 5.74) is 0. The van der Waals surface area contributed by atoms with E-state index in [4.69, 9.17) is 4.74 Å². The predicted molar refractivity (Wildman–Crippen MR) is 86.5 cm³/mol. The lowest BCUT2D eigenvalue weighted by Gasteiger charge is -2.23. The third-order valence-corrected chi connectivity index (χ3v) is 1.18. The van der Waals surface area contributed by atoms with Crippen LogP contribution < -0.4 is 0 Å². The molecule has 0 unspecified atom stereocenters. The molecule has 0 aliphatic heterocycles. The molecule has 0 rings (SSSR count). The lowest BCUT2D eigenvalue weighted by Crippen LogP contribution is -2.35. The highest BCUT2D eigenvalue weighted by Crippen LogP contribution is 1.92. The van der Waals surface area contributed by atoms with Gasteiger partial charge in [0.2, 0.25) is 0 Å². The predicted octanol–water partition coefficient (Wildman–Crippen LogP) is 5.18. The zero-order valence-electron chi connectivity index (χ0n) is 6.98. The topological polar surface area (TPSA) is 9.23 Å². The molecule has 0 fully saturated rings. The Hall–Kier alpha value is -0.0800. The Morgan fingerprint density at radius 3 is 1.25 bits per heavy atom. The molecule has 0 N–H and O–H groups in total. The van der Waals surface area contributed by atoms with Crippen molar-refractivity contribution in [2.24, 2.45) is 0 Å². The molecular weight excluding hydrogens is 198 g/mol. The maximum Gasteiger partial charge on any atom is 0.0802 e. The van der Waals surface area contributed by atoms with Crippen LogP contribution in [0, 0.1) is 0 Å². The Labute approximate surface area is 110 Å². The number of nitrogens with zero attached hydrogens (tertiary/aromatic N) is 1. The van der Waals surface area contributed by atoms with E-state index in [0.29, 0.717) is 0 Å². The van der Waals surface area contributed by atoms with E-state index in [1.54, 1.807) is 7.11 Å². The third-order valence-electron chi connectivity index (χ3n) is 1.18. The van der Waals surface area contributed by atoms with Crippen molar-refractivity contribution in [3.63, 3.8) is 0 Å². The summed E-state index contributed by atoms with van der Waals surface area (Å²) < 4.78 is 5.96. The number of hydrogen-bond donors (Lipinski definition) is 0. The fourth-order valence-corrected chi connectivity index (χ4v) is 0.683. The summed E-state index contributed by atoms with van der Waals surface area (Å²) >= 11 is 0. The lowest BCUT2D eigenvalue weighted by molar-refractivity contribution is -0.870. The van der Waals surface area contributed by atoms with Gasteiger partial charge >= 0.3 is 0 Å². The van der Waals surface area contributed by atoms with E-state index >= 15 is 0 Å². The van der Waals surface area contributed by atoms with Gasteiger partial charge in [-0.1, -0.05) is 52.0 Å². The molecule has 0 aromatic heterocycles. The zero-order valence-corrected chi connectivity index (χ0v) is 6.98. The second-order valence-electron chi connectivity index (χ2n) is 3.36. The van der Waals surface area contributed by atoms with Crippen LogP contribution in [0.3, 0.4) is 0 Å². The minimum atomic E-state index is 0. The van der Waals surface area contributed by atoms with Gasteiger partial charge in [0.25, 0.3) is 0 Å². The molecule has 0 aliphatic carbocycles. The Morgan fingerprint density at radius 2 is 1.06 bits per heavy atom. The first-order valence-electron chi connectivity index (χ1n) is 3.35. The summed E-state index contributed by atoms with van der Waals surface area (Å²) in [5, 5.41) is 0. The van der Waals surface area contributed by atoms with Crippen molar-refractivity contribution < 1.29 is 9.22 Å². The van der Waals surface area contributed by atoms with E-state index < -0.39 is 0 Å². The molecule has 0 aromatic carbocycles. The van der Waals surface area contributed by atoms with E-state index in [0.717, 1.165) is 17.5 Å². The average Bonchev–Trinajstić information content (AvgIpc) is 1.63. The standard InChI is InChI=1S/C7H18NO.7CH4/c1-8(2,3)6-5-7-9-4;;;;;;;/h5-7H2,1-4H3;7*1H4/q+1;;;;;;;. The van der Waals surface area contributed by atoms with E-state index in [1.165, 1.54) is 6.54 Å². The summed E-state index contributed by atoms with van der Waals surface area (Å²) in [6.45, 7) is 2.07. The fraction of sp³-hybridized carbons (Fsp3) is 1.00. The van der Waals surface area contributed by atoms with Crippen molar-refractivity contribution in [1.82, 2.24) is 0 Å². The molecule has 0 saturated carbocycles. The molecule has 112 valence electrons. The summed E-state index contributed by atoms with van der Waals surface area (Å²) in [6, 6.07) is 0. The second-order valence-corrected chi connectivity index (χ2v) is 3.36. The molecule has 16 heavy (non-hydrogen) atoms. The maximum atomic E-state index is 4.93. The summed E-state index contributed by atoms with van der Waals surface area (Å²) in [5.74, 6) is 0. The number of methoxy groups -OCH3 is 1. The van der Waals surface area contributed by atoms with Crippen molar-refractivity contribution >= 4 is 0 Å². The average molecular weight is 245 g/mol. The molecule has 0 radical (unpaired) electrons. The Bertz CT molecular complexity index is 67.6. The van der Waals surface area contributed by atoms with Gasteiger partial charge in [0.05, 0.1) is 34.3 Å². The van der Waals surface area contributed by atoms with Crippen LogP contribution in [0.5, 0.6) is 0 Å². The van der Waals surface area contributed by atoms with E-state index in [2.05, 4.69) is 21.1 Å². The number of rotatable bonds is 4. The smallest absolute Gasteiger partial charge is 0.0802 e. The van der Waals surface area contributed by atoms with Gasteiger partial charge in [-0.05, 0) is 0 Å². The SMILES string of the molecule is C.C.C.C.C.C.C.COCCC[N+](C)(C)C. The van der Waals surface area contributed by atoms with Gasteiger partial charge < -0.3 is 9.22 Å². The van der Waals surface area contributed by atoms with Gasteiger partial charge in [-0.15, -0.1) is 0 Å². The van der Waals surface area contributed by atoms with Gasteiger partial charge in [-0.25, -0.2) is 0 Å². The molecule has 0 atom stereocenters. The first-order valence-corrected chi connectivity index (χ1v) is 3.35. The molecule has 0 saturated heterocycles. The van der Waals surface area contributed by atoms with Crippen LogP contribution >= 0.6 is 0 Å². The second kappa shape index (κ2) is 29.4. The zero-order chi connectivity index (χ0) is 7.33. The van der Waals surface area contributed by atoms with Gasteiger partial charge in [0.1, 0.15) is 0 Å². The number of ether oxygens (including phenoxy) is 1. The first-order chi connectivity index (χ1) is 4.06. The summed E-state index contributed by atoms with van der Waals surface area (Å²) in [4.78, 5) is 0. The lowest BCUT2D eigenvalue weighted by atomic mass is 10.4. The Kier molecular flexibility index (Phi) is 104. The van der Waals surface area contributed by atoms with Crippen molar-refractivity contribution in [2.45, 2.75) is 58.4 Å². The maximum absolute atomic E-state index is 4.93.